The Morgan fingerprint density at radius 1 is 1.20 bits per heavy atom. The van der Waals surface area contributed by atoms with Crippen LogP contribution in [0.4, 0.5) is 0 Å². The van der Waals surface area contributed by atoms with Crippen LogP contribution < -0.4 is 5.32 Å². The second-order valence-electron chi connectivity index (χ2n) is 6.01. The van der Waals surface area contributed by atoms with Gasteiger partial charge in [0.15, 0.2) is 0 Å². The second-order valence-corrected chi connectivity index (χ2v) is 7.09. The molecular weight excluding hydrogens is 338 g/mol. The van der Waals surface area contributed by atoms with Crippen LogP contribution in [0.3, 0.4) is 0 Å². The zero-order valence-electron chi connectivity index (χ0n) is 13.9. The van der Waals surface area contributed by atoms with Crippen LogP contribution in [0, 0.1) is 11.8 Å². The first-order chi connectivity index (χ1) is 11.7. The summed E-state index contributed by atoms with van der Waals surface area (Å²) in [5.41, 5.74) is -0.372. The molecule has 0 spiro atoms. The molecule has 1 amide bonds. The number of benzene rings is 1. The fourth-order valence-electron chi connectivity index (χ4n) is 2.08. The van der Waals surface area contributed by atoms with Gasteiger partial charge in [-0.25, -0.2) is 0 Å². The van der Waals surface area contributed by atoms with Gasteiger partial charge < -0.3 is 15.5 Å². The van der Waals surface area contributed by atoms with E-state index in [-0.39, 0.29) is 12.3 Å². The molecule has 0 fully saturated rings. The van der Waals surface area contributed by atoms with Gasteiger partial charge in [0.2, 0.25) is 0 Å². The number of carbonyl (C=O) groups is 2. The Morgan fingerprint density at radius 2 is 1.88 bits per heavy atom. The van der Waals surface area contributed by atoms with Crippen LogP contribution >= 0.6 is 11.3 Å². The molecule has 0 radical (unpaired) electrons. The van der Waals surface area contributed by atoms with Crippen molar-refractivity contribution < 1.29 is 19.8 Å². The van der Waals surface area contributed by atoms with Crippen molar-refractivity contribution in [3.8, 4) is 11.8 Å². The van der Waals surface area contributed by atoms with E-state index in [1.165, 1.54) is 11.3 Å². The van der Waals surface area contributed by atoms with Crippen molar-refractivity contribution in [1.29, 1.82) is 0 Å². The van der Waals surface area contributed by atoms with Crippen molar-refractivity contribution in [3.05, 3.63) is 57.8 Å². The molecule has 0 saturated carbocycles. The van der Waals surface area contributed by atoms with Gasteiger partial charge in [-0.05, 0) is 31.5 Å². The summed E-state index contributed by atoms with van der Waals surface area (Å²) in [7, 11) is 0. The average Bonchev–Trinajstić information content (AvgIpc) is 3.01. The normalized spacial score (nSPS) is 12.0. The SMILES string of the molecule is CC(C)(O)C#Cc1ccc(C(=O)N[C@@H](CC(=O)O)c2ccccc2)s1. The number of hydrogen-bond acceptors (Lipinski definition) is 4. The third-order valence-electron chi connectivity index (χ3n) is 3.21. The van der Waals surface area contributed by atoms with Gasteiger partial charge in [-0.1, -0.05) is 42.2 Å². The van der Waals surface area contributed by atoms with Gasteiger partial charge in [0.05, 0.1) is 22.2 Å². The lowest BCUT2D eigenvalue weighted by Crippen LogP contribution is -2.29. The molecule has 2 rings (SSSR count). The molecule has 0 unspecified atom stereocenters. The van der Waals surface area contributed by atoms with Crippen LogP contribution in [0.15, 0.2) is 42.5 Å². The van der Waals surface area contributed by atoms with Crippen molar-refractivity contribution in [1.82, 2.24) is 5.32 Å². The predicted octanol–water partition coefficient (Wildman–Crippen LogP) is 2.82. The summed E-state index contributed by atoms with van der Waals surface area (Å²) in [6.45, 7) is 3.16. The lowest BCUT2D eigenvalue weighted by atomic mass is 10.0. The maximum Gasteiger partial charge on any atom is 0.305 e. The van der Waals surface area contributed by atoms with E-state index < -0.39 is 17.6 Å². The van der Waals surface area contributed by atoms with E-state index in [4.69, 9.17) is 5.11 Å². The number of rotatable bonds is 5. The zero-order chi connectivity index (χ0) is 18.4. The summed E-state index contributed by atoms with van der Waals surface area (Å²) in [5.74, 6) is 4.17. The molecule has 25 heavy (non-hydrogen) atoms. The number of aliphatic carboxylic acids is 1. The first-order valence-electron chi connectivity index (χ1n) is 7.67. The fraction of sp³-hybridized carbons (Fsp3) is 0.263. The minimum Gasteiger partial charge on any atom is -0.481 e. The Morgan fingerprint density at radius 3 is 2.48 bits per heavy atom. The monoisotopic (exact) mass is 357 g/mol. The molecule has 3 N–H and O–H groups in total. The number of hydrogen-bond donors (Lipinski definition) is 3. The summed E-state index contributed by atoms with van der Waals surface area (Å²) in [5, 5.41) is 21.5. The predicted molar refractivity (Wildman–Crippen MR) is 96.4 cm³/mol. The van der Waals surface area contributed by atoms with Crippen LogP contribution in [0.1, 0.15) is 46.4 Å². The highest BCUT2D eigenvalue weighted by molar-refractivity contribution is 7.14. The summed E-state index contributed by atoms with van der Waals surface area (Å²) < 4.78 is 0. The number of amides is 1. The third-order valence-corrected chi connectivity index (χ3v) is 4.21. The van der Waals surface area contributed by atoms with Gasteiger partial charge in [0.25, 0.3) is 5.91 Å². The largest absolute Gasteiger partial charge is 0.481 e. The van der Waals surface area contributed by atoms with E-state index in [1.807, 2.05) is 6.07 Å². The molecular formula is C19H19NO4S. The van der Waals surface area contributed by atoms with Gasteiger partial charge in [-0.3, -0.25) is 9.59 Å². The summed E-state index contributed by atoms with van der Waals surface area (Å²) in [6, 6.07) is 11.7. The second kappa shape index (κ2) is 7.97. The number of carboxylic acid groups (broad SMARTS) is 1. The maximum atomic E-state index is 12.4. The van der Waals surface area contributed by atoms with Crippen molar-refractivity contribution in [2.24, 2.45) is 0 Å². The van der Waals surface area contributed by atoms with Gasteiger partial charge in [-0.15, -0.1) is 11.3 Å². The van der Waals surface area contributed by atoms with Crippen molar-refractivity contribution in [2.45, 2.75) is 31.9 Å². The number of thiophene rings is 1. The number of nitrogens with one attached hydrogen (secondary N) is 1. The standard InChI is InChI=1S/C19H19NO4S/c1-19(2,24)11-10-14-8-9-16(25-14)18(23)20-15(12-17(21)22)13-6-4-3-5-7-13/h3-9,15,24H,12H2,1-2H3,(H,20,23)(H,21,22)/t15-/m0/s1. The van der Waals surface area contributed by atoms with Gasteiger partial charge in [0.1, 0.15) is 5.60 Å². The lowest BCUT2D eigenvalue weighted by Gasteiger charge is -2.16. The smallest absolute Gasteiger partial charge is 0.305 e. The summed E-state index contributed by atoms with van der Waals surface area (Å²) in [6.07, 6.45) is -0.202. The molecule has 2 aromatic rings. The Balaban J connectivity index is 2.14. The Hall–Kier alpha value is -2.62. The Kier molecular flexibility index (Phi) is 5.97. The highest BCUT2D eigenvalue weighted by Crippen LogP contribution is 2.20. The average molecular weight is 357 g/mol. The van der Waals surface area contributed by atoms with Crippen LogP contribution in [0.5, 0.6) is 0 Å². The molecule has 0 aliphatic heterocycles. The first kappa shape index (κ1) is 18.7. The Bertz CT molecular complexity index is 809. The van der Waals surface area contributed by atoms with E-state index in [9.17, 15) is 14.7 Å². The molecule has 0 aliphatic carbocycles. The van der Waals surface area contributed by atoms with E-state index >= 15 is 0 Å². The number of carbonyl (C=O) groups excluding carboxylic acids is 1. The van der Waals surface area contributed by atoms with Gasteiger partial charge >= 0.3 is 5.97 Å². The van der Waals surface area contributed by atoms with Gasteiger partial charge in [-0.2, -0.15) is 0 Å². The minimum atomic E-state index is -1.10. The Labute approximate surface area is 150 Å². The molecule has 0 aliphatic rings. The quantitative estimate of drug-likeness (QED) is 0.718. The van der Waals surface area contributed by atoms with Crippen molar-refractivity contribution in [2.75, 3.05) is 0 Å². The van der Waals surface area contributed by atoms with Gasteiger partial charge in [0, 0.05) is 0 Å². The molecule has 0 saturated heterocycles. The third kappa shape index (κ3) is 6.07. The summed E-state index contributed by atoms with van der Waals surface area (Å²) in [4.78, 5) is 24.6. The van der Waals surface area contributed by atoms with E-state index in [1.54, 1.807) is 50.2 Å². The van der Waals surface area contributed by atoms with Crippen molar-refractivity contribution >= 4 is 23.2 Å². The molecule has 5 nitrogen and oxygen atoms in total. The molecule has 1 atom stereocenters. The maximum absolute atomic E-state index is 12.4. The van der Waals surface area contributed by atoms with Crippen molar-refractivity contribution in [3.63, 3.8) is 0 Å². The molecule has 130 valence electrons. The van der Waals surface area contributed by atoms with Crippen LogP contribution in [0.25, 0.3) is 0 Å². The van der Waals surface area contributed by atoms with Crippen LogP contribution in [-0.2, 0) is 4.79 Å². The molecule has 1 aromatic heterocycles. The highest BCUT2D eigenvalue weighted by atomic mass is 32.1. The fourth-order valence-corrected chi connectivity index (χ4v) is 2.85. The molecule has 0 bridgehead atoms. The van der Waals surface area contributed by atoms with Crippen LogP contribution in [-0.4, -0.2) is 27.7 Å². The highest BCUT2D eigenvalue weighted by Gasteiger charge is 2.19. The van der Waals surface area contributed by atoms with E-state index in [0.717, 1.165) is 5.56 Å². The van der Waals surface area contributed by atoms with E-state index in [0.29, 0.717) is 9.75 Å². The van der Waals surface area contributed by atoms with Crippen LogP contribution in [0.2, 0.25) is 0 Å². The lowest BCUT2D eigenvalue weighted by molar-refractivity contribution is -0.137. The molecule has 1 heterocycles. The van der Waals surface area contributed by atoms with E-state index in [2.05, 4.69) is 17.2 Å². The first-order valence-corrected chi connectivity index (χ1v) is 8.49. The number of carboxylic acids is 1. The number of aliphatic hydroxyl groups is 1. The molecule has 1 aromatic carbocycles. The minimum absolute atomic E-state index is 0.202. The zero-order valence-corrected chi connectivity index (χ0v) is 14.8. The summed E-state index contributed by atoms with van der Waals surface area (Å²) >= 11 is 1.19. The topological polar surface area (TPSA) is 86.6 Å². The molecule has 6 heteroatoms.